The van der Waals surface area contributed by atoms with Gasteiger partial charge in [-0.1, -0.05) is 37.6 Å². The van der Waals surface area contributed by atoms with E-state index in [0.29, 0.717) is 24.3 Å². The Labute approximate surface area is 197 Å². The van der Waals surface area contributed by atoms with Gasteiger partial charge in [0.05, 0.1) is 5.75 Å². The Morgan fingerprint density at radius 3 is 2.91 bits per heavy atom. The summed E-state index contributed by atoms with van der Waals surface area (Å²) in [6.07, 6.45) is 8.31. The lowest BCUT2D eigenvalue weighted by atomic mass is 9.85. The zero-order chi connectivity index (χ0) is 22.6. The second-order valence-electron chi connectivity index (χ2n) is 8.50. The van der Waals surface area contributed by atoms with Crippen LogP contribution in [0, 0.1) is 5.92 Å². The van der Waals surface area contributed by atoms with E-state index in [9.17, 15) is 4.79 Å². The zero-order valence-electron chi connectivity index (χ0n) is 18.6. The number of nitrogens with one attached hydrogen (secondary N) is 1. The van der Waals surface area contributed by atoms with Crippen molar-refractivity contribution in [3.63, 3.8) is 0 Å². The summed E-state index contributed by atoms with van der Waals surface area (Å²) in [6, 6.07) is 9.94. The molecule has 0 saturated heterocycles. The number of nitrogens with zero attached hydrogens (tertiary/aromatic N) is 4. The van der Waals surface area contributed by atoms with Gasteiger partial charge in [0.15, 0.2) is 22.5 Å². The highest BCUT2D eigenvalue weighted by atomic mass is 32.2. The monoisotopic (exact) mass is 465 g/mol. The van der Waals surface area contributed by atoms with Crippen LogP contribution < -0.4 is 14.8 Å². The molecule has 1 aliphatic heterocycles. The van der Waals surface area contributed by atoms with E-state index in [1.54, 1.807) is 6.20 Å². The maximum Gasteiger partial charge on any atom is 0.231 e. The molecule has 1 aromatic carbocycles. The van der Waals surface area contributed by atoms with Gasteiger partial charge in [0.2, 0.25) is 12.7 Å². The second kappa shape index (κ2) is 9.82. The molecule has 1 saturated carbocycles. The number of aromatic nitrogens is 4. The van der Waals surface area contributed by atoms with E-state index >= 15 is 0 Å². The Morgan fingerprint density at radius 2 is 2.06 bits per heavy atom. The summed E-state index contributed by atoms with van der Waals surface area (Å²) < 4.78 is 13.0. The van der Waals surface area contributed by atoms with Gasteiger partial charge in [-0.15, -0.1) is 10.2 Å². The fraction of sp³-hybridized carbons (Fsp3) is 0.417. The maximum absolute atomic E-state index is 12.6. The van der Waals surface area contributed by atoms with Crippen molar-refractivity contribution in [2.24, 2.45) is 5.92 Å². The summed E-state index contributed by atoms with van der Waals surface area (Å²) >= 11 is 1.43. The molecule has 1 aliphatic carbocycles. The van der Waals surface area contributed by atoms with E-state index in [0.717, 1.165) is 34.3 Å². The number of hydrogen-bond acceptors (Lipinski definition) is 7. The van der Waals surface area contributed by atoms with Crippen LogP contribution in [-0.4, -0.2) is 38.2 Å². The largest absolute Gasteiger partial charge is 0.454 e. The van der Waals surface area contributed by atoms with Crippen LogP contribution >= 0.6 is 11.8 Å². The highest BCUT2D eigenvalue weighted by Crippen LogP contribution is 2.39. The van der Waals surface area contributed by atoms with Crippen LogP contribution in [-0.2, 0) is 11.3 Å². The zero-order valence-corrected chi connectivity index (χ0v) is 19.4. The van der Waals surface area contributed by atoms with Crippen molar-refractivity contribution in [2.45, 2.75) is 50.4 Å². The highest BCUT2D eigenvalue weighted by Gasteiger charge is 2.29. The summed E-state index contributed by atoms with van der Waals surface area (Å²) in [5.74, 6) is 3.04. The van der Waals surface area contributed by atoms with Gasteiger partial charge in [0.25, 0.3) is 0 Å². The fourth-order valence-corrected chi connectivity index (χ4v) is 5.30. The number of hydrogen-bond donors (Lipinski definition) is 1. The molecular weight excluding hydrogens is 438 g/mol. The number of benzene rings is 1. The molecule has 1 fully saturated rings. The van der Waals surface area contributed by atoms with Crippen LogP contribution in [0.2, 0.25) is 0 Å². The van der Waals surface area contributed by atoms with Crippen LogP contribution in [0.3, 0.4) is 0 Å². The standard InChI is InChI=1S/C24H27N5O3S/c1-16-5-2-3-7-19(16)29-23(18-6-4-10-25-13-18)27-28-24(29)33-14-22(30)26-12-17-8-9-20-21(11-17)32-15-31-20/h4,6,8-11,13,16,19H,2-3,5,7,12,14-15H2,1H3,(H,26,30). The lowest BCUT2D eigenvalue weighted by Crippen LogP contribution is -2.25. The van der Waals surface area contributed by atoms with Crippen molar-refractivity contribution in [1.82, 2.24) is 25.1 Å². The third-order valence-electron chi connectivity index (χ3n) is 6.24. The molecule has 172 valence electrons. The highest BCUT2D eigenvalue weighted by molar-refractivity contribution is 7.99. The predicted octanol–water partition coefficient (Wildman–Crippen LogP) is 4.23. The first-order valence-corrected chi connectivity index (χ1v) is 12.3. The van der Waals surface area contributed by atoms with Crippen molar-refractivity contribution in [3.05, 3.63) is 48.3 Å². The molecule has 9 heteroatoms. The van der Waals surface area contributed by atoms with E-state index in [4.69, 9.17) is 9.47 Å². The molecule has 2 atom stereocenters. The number of thioether (sulfide) groups is 1. The Bertz CT molecular complexity index is 1120. The van der Waals surface area contributed by atoms with Crippen LogP contribution in [0.1, 0.15) is 44.2 Å². The lowest BCUT2D eigenvalue weighted by Gasteiger charge is -2.31. The summed E-state index contributed by atoms with van der Waals surface area (Å²) in [6.45, 7) is 2.97. The van der Waals surface area contributed by atoms with Crippen molar-refractivity contribution < 1.29 is 14.3 Å². The topological polar surface area (TPSA) is 91.2 Å². The summed E-state index contributed by atoms with van der Waals surface area (Å²) in [5.41, 5.74) is 1.91. The van der Waals surface area contributed by atoms with Gasteiger partial charge in [-0.2, -0.15) is 0 Å². The van der Waals surface area contributed by atoms with Gasteiger partial charge in [0, 0.05) is 30.5 Å². The number of carbonyl (C=O) groups is 1. The van der Waals surface area contributed by atoms with Gasteiger partial charge < -0.3 is 14.8 Å². The molecule has 2 aliphatic rings. The van der Waals surface area contributed by atoms with Crippen LogP contribution in [0.5, 0.6) is 11.5 Å². The molecule has 0 radical (unpaired) electrons. The molecule has 5 rings (SSSR count). The van der Waals surface area contributed by atoms with Crippen molar-refractivity contribution in [2.75, 3.05) is 12.5 Å². The molecule has 3 heterocycles. The predicted molar refractivity (Wildman–Crippen MR) is 125 cm³/mol. The van der Waals surface area contributed by atoms with Gasteiger partial charge in [0.1, 0.15) is 0 Å². The van der Waals surface area contributed by atoms with Gasteiger partial charge in [-0.05, 0) is 48.6 Å². The quantitative estimate of drug-likeness (QED) is 0.522. The molecule has 3 aromatic rings. The van der Waals surface area contributed by atoms with Crippen LogP contribution in [0.15, 0.2) is 47.9 Å². The molecule has 33 heavy (non-hydrogen) atoms. The van der Waals surface area contributed by atoms with E-state index in [1.807, 2.05) is 36.5 Å². The Kier molecular flexibility index (Phi) is 6.48. The van der Waals surface area contributed by atoms with Crippen molar-refractivity contribution in [3.8, 4) is 22.9 Å². The molecule has 2 unspecified atom stereocenters. The minimum absolute atomic E-state index is 0.0492. The Balaban J connectivity index is 1.27. The number of fused-ring (bicyclic) bond motifs is 1. The number of ether oxygens (including phenoxy) is 2. The van der Waals surface area contributed by atoms with Gasteiger partial charge in [-0.3, -0.25) is 14.3 Å². The number of carbonyl (C=O) groups excluding carboxylic acids is 1. The van der Waals surface area contributed by atoms with E-state index in [2.05, 4.69) is 32.0 Å². The number of rotatable bonds is 7. The molecule has 0 bridgehead atoms. The molecule has 0 spiro atoms. The average molecular weight is 466 g/mol. The number of pyridine rings is 1. The van der Waals surface area contributed by atoms with Crippen LogP contribution in [0.25, 0.3) is 11.4 Å². The lowest BCUT2D eigenvalue weighted by molar-refractivity contribution is -0.118. The van der Waals surface area contributed by atoms with E-state index in [1.165, 1.54) is 31.0 Å². The van der Waals surface area contributed by atoms with Crippen molar-refractivity contribution >= 4 is 17.7 Å². The SMILES string of the molecule is CC1CCCCC1n1c(SCC(=O)NCc2ccc3c(c2)OCO3)nnc1-c1cccnc1. The first-order chi connectivity index (χ1) is 16.2. The van der Waals surface area contributed by atoms with E-state index < -0.39 is 0 Å². The molecule has 2 aromatic heterocycles. The first kappa shape index (κ1) is 21.8. The normalized spacial score (nSPS) is 19.4. The molecule has 1 N–H and O–H groups in total. The molecule has 8 nitrogen and oxygen atoms in total. The minimum atomic E-state index is -0.0492. The summed E-state index contributed by atoms with van der Waals surface area (Å²) in [4.78, 5) is 16.9. The van der Waals surface area contributed by atoms with Crippen molar-refractivity contribution in [1.29, 1.82) is 0 Å². The summed E-state index contributed by atoms with van der Waals surface area (Å²) in [5, 5.41) is 12.7. The Morgan fingerprint density at radius 1 is 1.18 bits per heavy atom. The first-order valence-electron chi connectivity index (χ1n) is 11.3. The fourth-order valence-electron chi connectivity index (χ4n) is 4.48. The van der Waals surface area contributed by atoms with Gasteiger partial charge >= 0.3 is 0 Å². The molecular formula is C24H27N5O3S. The average Bonchev–Trinajstić information content (AvgIpc) is 3.49. The third kappa shape index (κ3) is 4.83. The van der Waals surface area contributed by atoms with Crippen LogP contribution in [0.4, 0.5) is 0 Å². The number of amides is 1. The maximum atomic E-state index is 12.6. The minimum Gasteiger partial charge on any atom is -0.454 e. The van der Waals surface area contributed by atoms with Gasteiger partial charge in [-0.25, -0.2) is 0 Å². The second-order valence-corrected chi connectivity index (χ2v) is 9.44. The smallest absolute Gasteiger partial charge is 0.231 e. The third-order valence-corrected chi connectivity index (χ3v) is 7.18. The summed E-state index contributed by atoms with van der Waals surface area (Å²) in [7, 11) is 0. The van der Waals surface area contributed by atoms with E-state index in [-0.39, 0.29) is 18.5 Å². The molecule has 1 amide bonds. The Hall–Kier alpha value is -3.07.